The fourth-order valence-electron chi connectivity index (χ4n) is 5.49. The van der Waals surface area contributed by atoms with Crippen molar-refractivity contribution in [2.75, 3.05) is 13.2 Å². The molecule has 2 aliphatic carbocycles. The number of carbonyl (C=O) groups is 1. The van der Waals surface area contributed by atoms with Gasteiger partial charge in [-0.1, -0.05) is 0 Å². The Morgan fingerprint density at radius 1 is 1.16 bits per heavy atom. The van der Waals surface area contributed by atoms with Gasteiger partial charge in [0.15, 0.2) is 5.96 Å². The number of hydrogen-bond donors (Lipinski definition) is 4. The number of guanidine groups is 1. The first-order valence-corrected chi connectivity index (χ1v) is 12.9. The van der Waals surface area contributed by atoms with Crippen LogP contribution in [-0.4, -0.2) is 54.4 Å². The molecule has 2 aliphatic heterocycles. The second-order valence-corrected chi connectivity index (χ2v) is 11.0. The number of hydrogen-bond acceptors (Lipinski definition) is 5. The number of alkyl halides is 2. The Balaban J connectivity index is 1.35. The van der Waals surface area contributed by atoms with Gasteiger partial charge in [0.25, 0.3) is 0 Å². The number of nitrogens with one attached hydrogen (secondary N) is 4. The summed E-state index contributed by atoms with van der Waals surface area (Å²) in [6.07, 6.45) is 8.74. The minimum absolute atomic E-state index is 0.0149. The molecule has 4 N–H and O–H groups in total. The lowest BCUT2D eigenvalue weighted by Gasteiger charge is -2.28. The summed E-state index contributed by atoms with van der Waals surface area (Å²) >= 11 is 6.21. The molecule has 182 valence electrons. The van der Waals surface area contributed by atoms with E-state index in [4.69, 9.17) is 21.3 Å². The molecule has 0 aromatic carbocycles. The van der Waals surface area contributed by atoms with Crippen molar-refractivity contribution in [3.63, 3.8) is 0 Å². The van der Waals surface area contributed by atoms with Crippen LogP contribution in [0.4, 0.5) is 4.39 Å². The fourth-order valence-corrected chi connectivity index (χ4v) is 5.75. The first kappa shape index (κ1) is 24.2. The van der Waals surface area contributed by atoms with Crippen LogP contribution in [0.1, 0.15) is 77.6 Å². The van der Waals surface area contributed by atoms with Crippen molar-refractivity contribution in [3.05, 3.63) is 0 Å². The Labute approximate surface area is 196 Å². The molecule has 2 saturated heterocycles. The maximum atomic E-state index is 13.5. The minimum atomic E-state index is -0.642. The number of rotatable bonds is 5. The van der Waals surface area contributed by atoms with Crippen LogP contribution in [0.25, 0.3) is 0 Å². The lowest BCUT2D eigenvalue weighted by Crippen LogP contribution is -2.52. The predicted octanol–water partition coefficient (Wildman–Crippen LogP) is 3.14. The van der Waals surface area contributed by atoms with Crippen LogP contribution in [0.3, 0.4) is 0 Å². The van der Waals surface area contributed by atoms with E-state index < -0.39 is 6.17 Å². The summed E-state index contributed by atoms with van der Waals surface area (Å²) in [7, 11) is 0. The van der Waals surface area contributed by atoms with E-state index in [1.165, 1.54) is 0 Å². The first-order chi connectivity index (χ1) is 15.4. The Morgan fingerprint density at radius 3 is 2.59 bits per heavy atom. The summed E-state index contributed by atoms with van der Waals surface area (Å²) in [5.74, 6) is 0.981. The van der Waals surface area contributed by atoms with Crippen molar-refractivity contribution in [1.29, 1.82) is 0 Å². The zero-order chi connectivity index (χ0) is 22.6. The molecule has 1 amide bonds. The van der Waals surface area contributed by atoms with E-state index in [2.05, 4.69) is 28.4 Å². The molecular formula is C23H39ClFN5O2. The molecule has 4 rings (SSSR count). The normalized spacial score (nSPS) is 40.9. The Morgan fingerprint density at radius 2 is 1.91 bits per heavy atom. The standard InChI is InChI=1S/C23H39ClFN5O2/c1-23(11-2-12-32-23)14-26-22(28-21(31)16-3-7-17(24)8-4-16)27-20-13-19(29-30-20)15-5-9-18(25)10-6-15/h15-20,29-30H,2-14H2,1H3,(H2,26,27,28,31). The van der Waals surface area contributed by atoms with Crippen molar-refractivity contribution in [2.24, 2.45) is 16.8 Å². The number of halogens is 2. The van der Waals surface area contributed by atoms with E-state index >= 15 is 0 Å². The summed E-state index contributed by atoms with van der Waals surface area (Å²) in [6, 6.07) is 0.298. The summed E-state index contributed by atoms with van der Waals surface area (Å²) < 4.78 is 19.4. The highest BCUT2D eigenvalue weighted by atomic mass is 35.5. The molecule has 9 heteroatoms. The number of carbonyl (C=O) groups excluding carboxylic acids is 1. The van der Waals surface area contributed by atoms with Crippen molar-refractivity contribution in [1.82, 2.24) is 21.5 Å². The third-order valence-electron chi connectivity index (χ3n) is 7.66. The molecule has 3 atom stereocenters. The SMILES string of the molecule is CC1(CN=C(NC(=O)C2CCC(Cl)CC2)NC2CC(C3CCC(F)CC3)NN2)CCCO1. The van der Waals surface area contributed by atoms with Crippen molar-refractivity contribution in [2.45, 2.75) is 107 Å². The van der Waals surface area contributed by atoms with Gasteiger partial charge in [-0.15, -0.1) is 11.6 Å². The summed E-state index contributed by atoms with van der Waals surface area (Å²) in [6.45, 7) is 3.35. The van der Waals surface area contributed by atoms with Gasteiger partial charge in [0.05, 0.1) is 18.3 Å². The molecule has 0 aromatic heterocycles. The van der Waals surface area contributed by atoms with E-state index in [1.807, 2.05) is 0 Å². The number of amides is 1. The molecular weight excluding hydrogens is 433 g/mol. The van der Waals surface area contributed by atoms with Crippen molar-refractivity contribution < 1.29 is 13.9 Å². The number of hydrazine groups is 1. The lowest BCUT2D eigenvalue weighted by molar-refractivity contribution is -0.124. The molecule has 3 unspecified atom stereocenters. The lowest BCUT2D eigenvalue weighted by atomic mass is 9.82. The highest BCUT2D eigenvalue weighted by Crippen LogP contribution is 2.31. The van der Waals surface area contributed by atoms with Gasteiger partial charge in [-0.05, 0) is 83.5 Å². The maximum Gasteiger partial charge on any atom is 0.229 e. The van der Waals surface area contributed by atoms with E-state index in [9.17, 15) is 9.18 Å². The number of nitrogens with zero attached hydrogens (tertiary/aromatic N) is 1. The quantitative estimate of drug-likeness (QED) is 0.281. The topological polar surface area (TPSA) is 86.8 Å². The molecule has 0 radical (unpaired) electrons. The van der Waals surface area contributed by atoms with E-state index in [1.54, 1.807) is 0 Å². The highest BCUT2D eigenvalue weighted by molar-refractivity contribution is 6.20. The van der Waals surface area contributed by atoms with E-state index in [0.717, 1.165) is 64.4 Å². The zero-order valence-corrected chi connectivity index (χ0v) is 19.9. The van der Waals surface area contributed by atoms with Gasteiger partial charge < -0.3 is 10.1 Å². The average Bonchev–Trinajstić information content (AvgIpc) is 3.43. The number of ether oxygens (including phenoxy) is 1. The van der Waals surface area contributed by atoms with Crippen LogP contribution < -0.4 is 21.5 Å². The van der Waals surface area contributed by atoms with Crippen molar-refractivity contribution >= 4 is 23.5 Å². The van der Waals surface area contributed by atoms with Gasteiger partial charge in [0.1, 0.15) is 6.17 Å². The maximum absolute atomic E-state index is 13.5. The fraction of sp³-hybridized carbons (Fsp3) is 0.913. The monoisotopic (exact) mass is 471 g/mol. The molecule has 0 spiro atoms. The smallest absolute Gasteiger partial charge is 0.229 e. The van der Waals surface area contributed by atoms with Crippen LogP contribution in [0.15, 0.2) is 4.99 Å². The van der Waals surface area contributed by atoms with Crippen LogP contribution >= 0.6 is 11.6 Å². The Hall–Kier alpha value is -0.960. The largest absolute Gasteiger partial charge is 0.373 e. The van der Waals surface area contributed by atoms with Crippen LogP contribution in [-0.2, 0) is 9.53 Å². The Bertz CT molecular complexity index is 659. The van der Waals surface area contributed by atoms with Gasteiger partial charge >= 0.3 is 0 Å². The van der Waals surface area contributed by atoms with Crippen LogP contribution in [0.5, 0.6) is 0 Å². The third-order valence-corrected chi connectivity index (χ3v) is 8.09. The summed E-state index contributed by atoms with van der Waals surface area (Å²) in [5.41, 5.74) is 6.41. The molecule has 4 aliphatic rings. The van der Waals surface area contributed by atoms with Crippen molar-refractivity contribution in [3.8, 4) is 0 Å². The molecule has 32 heavy (non-hydrogen) atoms. The molecule has 4 fully saturated rings. The molecule has 2 heterocycles. The highest BCUT2D eigenvalue weighted by Gasteiger charge is 2.35. The third kappa shape index (κ3) is 6.55. The van der Waals surface area contributed by atoms with Gasteiger partial charge in [0.2, 0.25) is 5.91 Å². The Kier molecular flexibility index (Phi) is 8.29. The summed E-state index contributed by atoms with van der Waals surface area (Å²) in [5, 5.41) is 6.64. The van der Waals surface area contributed by atoms with Gasteiger partial charge in [-0.25, -0.2) is 14.8 Å². The van der Waals surface area contributed by atoms with Gasteiger partial charge in [0, 0.05) is 23.9 Å². The van der Waals surface area contributed by atoms with Gasteiger partial charge in [-0.3, -0.25) is 15.5 Å². The molecule has 7 nitrogen and oxygen atoms in total. The van der Waals surface area contributed by atoms with E-state index in [0.29, 0.717) is 37.3 Å². The van der Waals surface area contributed by atoms with Crippen LogP contribution in [0.2, 0.25) is 0 Å². The van der Waals surface area contributed by atoms with Crippen LogP contribution in [0, 0.1) is 11.8 Å². The zero-order valence-electron chi connectivity index (χ0n) is 19.2. The van der Waals surface area contributed by atoms with E-state index in [-0.39, 0.29) is 29.0 Å². The molecule has 0 aromatic rings. The number of aliphatic imine (C=N–C) groups is 1. The van der Waals surface area contributed by atoms with Gasteiger partial charge in [-0.2, -0.15) is 0 Å². The second kappa shape index (κ2) is 11.0. The average molecular weight is 472 g/mol. The molecule has 0 bridgehead atoms. The first-order valence-electron chi connectivity index (χ1n) is 12.5. The second-order valence-electron chi connectivity index (χ2n) is 10.3. The summed E-state index contributed by atoms with van der Waals surface area (Å²) in [4.78, 5) is 17.7. The minimum Gasteiger partial charge on any atom is -0.373 e. The predicted molar refractivity (Wildman–Crippen MR) is 124 cm³/mol. The molecule has 2 saturated carbocycles.